The van der Waals surface area contributed by atoms with Gasteiger partial charge in [-0.05, 0) is 44.5 Å². The normalized spacial score (nSPS) is 19.6. The van der Waals surface area contributed by atoms with Crippen molar-refractivity contribution in [3.05, 3.63) is 24.3 Å². The molecule has 0 aromatic heterocycles. The standard InChI is InChI=1S/C14H22N2O3S/c1-11(2)20(17,18)15-12-4-6-13(7-5-12)16-9-8-14(10-16)19-3/h4-7,11,14-15H,8-10H2,1-3H3. The molecule has 1 aromatic carbocycles. The van der Waals surface area contributed by atoms with Crippen LogP contribution in [-0.4, -0.2) is 40.0 Å². The van der Waals surface area contributed by atoms with Crippen LogP contribution in [0.25, 0.3) is 0 Å². The molecule has 0 spiro atoms. The van der Waals surface area contributed by atoms with Crippen molar-refractivity contribution in [1.29, 1.82) is 0 Å². The number of sulfonamides is 1. The van der Waals surface area contributed by atoms with E-state index in [2.05, 4.69) is 9.62 Å². The van der Waals surface area contributed by atoms with E-state index in [-0.39, 0.29) is 6.10 Å². The minimum atomic E-state index is -3.28. The SMILES string of the molecule is COC1CCN(c2ccc(NS(=O)(=O)C(C)C)cc2)C1. The van der Waals surface area contributed by atoms with Crippen LogP contribution < -0.4 is 9.62 Å². The van der Waals surface area contributed by atoms with Gasteiger partial charge in [-0.25, -0.2) is 8.42 Å². The lowest BCUT2D eigenvalue weighted by Gasteiger charge is -2.19. The first kappa shape index (κ1) is 15.1. The van der Waals surface area contributed by atoms with E-state index in [4.69, 9.17) is 4.74 Å². The fourth-order valence-corrected chi connectivity index (χ4v) is 2.88. The first-order valence-electron chi connectivity index (χ1n) is 6.82. The predicted molar refractivity (Wildman–Crippen MR) is 81.7 cm³/mol. The minimum absolute atomic E-state index is 0.286. The van der Waals surface area contributed by atoms with Gasteiger partial charge in [0.1, 0.15) is 0 Å². The second-order valence-electron chi connectivity index (χ2n) is 5.34. The van der Waals surface area contributed by atoms with E-state index >= 15 is 0 Å². The van der Waals surface area contributed by atoms with Crippen molar-refractivity contribution in [3.63, 3.8) is 0 Å². The van der Waals surface area contributed by atoms with Crippen molar-refractivity contribution in [3.8, 4) is 0 Å². The zero-order valence-corrected chi connectivity index (χ0v) is 13.0. The molecule has 0 aliphatic carbocycles. The van der Waals surface area contributed by atoms with Crippen molar-refractivity contribution in [2.45, 2.75) is 31.6 Å². The molecule has 1 unspecified atom stereocenters. The summed E-state index contributed by atoms with van der Waals surface area (Å²) in [5.41, 5.74) is 1.70. The summed E-state index contributed by atoms with van der Waals surface area (Å²) in [5.74, 6) is 0. The van der Waals surface area contributed by atoms with Crippen LogP contribution in [0.2, 0.25) is 0 Å². The monoisotopic (exact) mass is 298 g/mol. The molecular formula is C14H22N2O3S. The van der Waals surface area contributed by atoms with E-state index in [0.717, 1.165) is 25.2 Å². The number of rotatable bonds is 5. The number of anilines is 2. The van der Waals surface area contributed by atoms with Crippen molar-refractivity contribution < 1.29 is 13.2 Å². The third-order valence-corrected chi connectivity index (χ3v) is 5.35. The highest BCUT2D eigenvalue weighted by atomic mass is 32.2. The number of hydrogen-bond donors (Lipinski definition) is 1. The van der Waals surface area contributed by atoms with Crippen LogP contribution >= 0.6 is 0 Å². The molecular weight excluding hydrogens is 276 g/mol. The molecule has 0 amide bonds. The third kappa shape index (κ3) is 3.43. The summed E-state index contributed by atoms with van der Waals surface area (Å²) in [5, 5.41) is -0.441. The molecule has 5 nitrogen and oxygen atoms in total. The van der Waals surface area contributed by atoms with Gasteiger partial charge in [0.15, 0.2) is 0 Å². The summed E-state index contributed by atoms with van der Waals surface area (Å²) in [6, 6.07) is 7.48. The predicted octanol–water partition coefficient (Wildman–Crippen LogP) is 2.06. The summed E-state index contributed by atoms with van der Waals surface area (Å²) in [6.45, 7) is 5.17. The molecule has 1 aromatic rings. The van der Waals surface area contributed by atoms with E-state index in [9.17, 15) is 8.42 Å². The molecule has 1 atom stereocenters. The highest BCUT2D eigenvalue weighted by Gasteiger charge is 2.22. The Morgan fingerprint density at radius 3 is 2.45 bits per heavy atom. The molecule has 1 N–H and O–H groups in total. The highest BCUT2D eigenvalue weighted by Crippen LogP contribution is 2.24. The van der Waals surface area contributed by atoms with Gasteiger partial charge in [0.2, 0.25) is 10.0 Å². The van der Waals surface area contributed by atoms with Crippen molar-refractivity contribution in [2.75, 3.05) is 29.8 Å². The molecule has 1 heterocycles. The van der Waals surface area contributed by atoms with Gasteiger partial charge in [-0.2, -0.15) is 0 Å². The average Bonchev–Trinajstić information content (AvgIpc) is 2.88. The topological polar surface area (TPSA) is 58.6 Å². The van der Waals surface area contributed by atoms with E-state index in [1.807, 2.05) is 12.1 Å². The first-order valence-corrected chi connectivity index (χ1v) is 8.36. The van der Waals surface area contributed by atoms with Crippen molar-refractivity contribution in [1.82, 2.24) is 0 Å². The first-order chi connectivity index (χ1) is 9.42. The zero-order chi connectivity index (χ0) is 14.8. The molecule has 1 fully saturated rings. The molecule has 0 bridgehead atoms. The largest absolute Gasteiger partial charge is 0.380 e. The minimum Gasteiger partial charge on any atom is -0.380 e. The van der Waals surface area contributed by atoms with E-state index in [0.29, 0.717) is 5.69 Å². The van der Waals surface area contributed by atoms with E-state index in [1.54, 1.807) is 33.1 Å². The Bertz CT molecular complexity index is 540. The van der Waals surface area contributed by atoms with E-state index < -0.39 is 15.3 Å². The number of nitrogens with zero attached hydrogens (tertiary/aromatic N) is 1. The second kappa shape index (κ2) is 6.01. The lowest BCUT2D eigenvalue weighted by molar-refractivity contribution is 0.121. The molecule has 1 saturated heterocycles. The number of methoxy groups -OCH3 is 1. The van der Waals surface area contributed by atoms with Gasteiger partial charge >= 0.3 is 0 Å². The molecule has 112 valence electrons. The number of benzene rings is 1. The Kier molecular flexibility index (Phi) is 4.55. The lowest BCUT2D eigenvalue weighted by atomic mass is 10.2. The van der Waals surface area contributed by atoms with Gasteiger partial charge in [0.05, 0.1) is 11.4 Å². The Labute approximate surface area is 121 Å². The van der Waals surface area contributed by atoms with Crippen LogP contribution in [0.3, 0.4) is 0 Å². The third-order valence-electron chi connectivity index (χ3n) is 3.59. The van der Waals surface area contributed by atoms with Crippen LogP contribution in [0.5, 0.6) is 0 Å². The second-order valence-corrected chi connectivity index (χ2v) is 7.57. The Hall–Kier alpha value is -1.27. The van der Waals surface area contributed by atoms with E-state index in [1.165, 1.54) is 0 Å². The summed E-state index contributed by atoms with van der Waals surface area (Å²) in [7, 11) is -1.55. The van der Waals surface area contributed by atoms with Crippen LogP contribution in [0.15, 0.2) is 24.3 Å². The van der Waals surface area contributed by atoms with Crippen molar-refractivity contribution in [2.24, 2.45) is 0 Å². The molecule has 0 radical (unpaired) electrons. The fraction of sp³-hybridized carbons (Fsp3) is 0.571. The Morgan fingerprint density at radius 2 is 1.95 bits per heavy atom. The molecule has 1 aliphatic rings. The lowest BCUT2D eigenvalue weighted by Crippen LogP contribution is -2.23. The molecule has 2 rings (SSSR count). The van der Waals surface area contributed by atoms with Gasteiger partial charge in [0.25, 0.3) is 0 Å². The smallest absolute Gasteiger partial charge is 0.235 e. The van der Waals surface area contributed by atoms with Crippen LogP contribution in [-0.2, 0) is 14.8 Å². The maximum absolute atomic E-state index is 11.8. The summed E-state index contributed by atoms with van der Waals surface area (Å²) in [6.07, 6.45) is 1.31. The summed E-state index contributed by atoms with van der Waals surface area (Å²) in [4.78, 5) is 2.24. The van der Waals surface area contributed by atoms with Gasteiger partial charge < -0.3 is 9.64 Å². The van der Waals surface area contributed by atoms with Gasteiger partial charge in [-0.15, -0.1) is 0 Å². The van der Waals surface area contributed by atoms with Crippen LogP contribution in [0, 0.1) is 0 Å². The highest BCUT2D eigenvalue weighted by molar-refractivity contribution is 7.93. The number of ether oxygens (including phenoxy) is 1. The molecule has 0 saturated carbocycles. The van der Waals surface area contributed by atoms with Gasteiger partial charge in [-0.3, -0.25) is 4.72 Å². The molecule has 1 aliphatic heterocycles. The Balaban J connectivity index is 2.04. The zero-order valence-electron chi connectivity index (χ0n) is 12.2. The summed E-state index contributed by atoms with van der Waals surface area (Å²) < 4.78 is 31.5. The van der Waals surface area contributed by atoms with Crippen molar-refractivity contribution >= 4 is 21.4 Å². The maximum atomic E-state index is 11.8. The number of nitrogens with one attached hydrogen (secondary N) is 1. The quantitative estimate of drug-likeness (QED) is 0.904. The molecule has 6 heteroatoms. The fourth-order valence-electron chi connectivity index (χ4n) is 2.18. The maximum Gasteiger partial charge on any atom is 0.235 e. The number of hydrogen-bond acceptors (Lipinski definition) is 4. The van der Waals surface area contributed by atoms with Crippen LogP contribution in [0.4, 0.5) is 11.4 Å². The van der Waals surface area contributed by atoms with Gasteiger partial charge in [0, 0.05) is 31.6 Å². The van der Waals surface area contributed by atoms with Crippen LogP contribution in [0.1, 0.15) is 20.3 Å². The Morgan fingerprint density at radius 1 is 1.30 bits per heavy atom. The summed E-state index contributed by atoms with van der Waals surface area (Å²) >= 11 is 0. The van der Waals surface area contributed by atoms with Gasteiger partial charge in [-0.1, -0.05) is 0 Å². The molecule has 20 heavy (non-hydrogen) atoms. The average molecular weight is 298 g/mol.